The lowest BCUT2D eigenvalue weighted by atomic mass is 9.81. The molecule has 3 heteroatoms. The molecule has 0 unspecified atom stereocenters. The lowest BCUT2D eigenvalue weighted by molar-refractivity contribution is -0.118. The zero-order valence-electron chi connectivity index (χ0n) is 9.87. The molecular formula is C13H16O3. The first-order valence-electron chi connectivity index (χ1n) is 5.12. The molecule has 0 aromatic heterocycles. The van der Waals surface area contributed by atoms with Gasteiger partial charge in [-0.1, -0.05) is 33.4 Å². The first-order valence-corrected chi connectivity index (χ1v) is 5.12. The van der Waals surface area contributed by atoms with Gasteiger partial charge < -0.3 is 4.74 Å². The molecule has 0 aliphatic heterocycles. The summed E-state index contributed by atoms with van der Waals surface area (Å²) in [5.41, 5.74) is 0.191. The topological polar surface area (TPSA) is 43.4 Å². The van der Waals surface area contributed by atoms with E-state index in [2.05, 4.69) is 6.58 Å². The maximum absolute atomic E-state index is 11.8. The van der Waals surface area contributed by atoms with Crippen molar-refractivity contribution in [3.63, 3.8) is 0 Å². The van der Waals surface area contributed by atoms with Gasteiger partial charge in [-0.2, -0.15) is 0 Å². The summed E-state index contributed by atoms with van der Waals surface area (Å²) in [6.45, 7) is 9.39. The molecule has 0 bridgehead atoms. The van der Waals surface area contributed by atoms with E-state index in [-0.39, 0.29) is 29.3 Å². The summed E-state index contributed by atoms with van der Waals surface area (Å²) in [6, 6.07) is 0. The first-order chi connectivity index (χ1) is 7.36. The number of ketones is 2. The molecule has 0 amide bonds. The number of carbonyl (C=O) groups excluding carboxylic acids is 2. The normalized spacial score (nSPS) is 16.7. The second kappa shape index (κ2) is 4.47. The van der Waals surface area contributed by atoms with Crippen molar-refractivity contribution in [1.82, 2.24) is 0 Å². The van der Waals surface area contributed by atoms with E-state index >= 15 is 0 Å². The maximum atomic E-state index is 11.8. The molecule has 0 fully saturated rings. The van der Waals surface area contributed by atoms with Gasteiger partial charge in [0.1, 0.15) is 6.61 Å². The van der Waals surface area contributed by atoms with Gasteiger partial charge in [0.2, 0.25) is 5.78 Å². The summed E-state index contributed by atoms with van der Waals surface area (Å²) < 4.78 is 5.10. The fourth-order valence-corrected chi connectivity index (χ4v) is 1.39. The van der Waals surface area contributed by atoms with Crippen LogP contribution in [0.5, 0.6) is 0 Å². The molecule has 1 rings (SSSR count). The molecule has 0 N–H and O–H groups in total. The average molecular weight is 220 g/mol. The van der Waals surface area contributed by atoms with E-state index in [1.54, 1.807) is 0 Å². The molecule has 0 radical (unpaired) electrons. The second-order valence-electron chi connectivity index (χ2n) is 4.64. The monoisotopic (exact) mass is 220 g/mol. The molecule has 3 nitrogen and oxygen atoms in total. The molecule has 0 heterocycles. The molecule has 0 saturated carbocycles. The quantitative estimate of drug-likeness (QED) is 0.541. The number of hydrogen-bond acceptors (Lipinski definition) is 3. The van der Waals surface area contributed by atoms with Gasteiger partial charge in [-0.05, 0) is 11.5 Å². The van der Waals surface area contributed by atoms with Crippen LogP contribution in [0, 0.1) is 5.41 Å². The third kappa shape index (κ3) is 2.69. The summed E-state index contributed by atoms with van der Waals surface area (Å²) in [5.74, 6) is -0.324. The summed E-state index contributed by atoms with van der Waals surface area (Å²) in [5, 5.41) is 0. The smallest absolute Gasteiger partial charge is 0.220 e. The van der Waals surface area contributed by atoms with Gasteiger partial charge in [0, 0.05) is 11.6 Å². The first kappa shape index (κ1) is 12.4. The summed E-state index contributed by atoms with van der Waals surface area (Å²) in [6.07, 6.45) is 4.15. The minimum atomic E-state index is -0.326. The molecule has 16 heavy (non-hydrogen) atoms. The van der Waals surface area contributed by atoms with Crippen molar-refractivity contribution in [1.29, 1.82) is 0 Å². The molecule has 1 aliphatic carbocycles. The van der Waals surface area contributed by atoms with Gasteiger partial charge in [0.15, 0.2) is 11.5 Å². The van der Waals surface area contributed by atoms with Gasteiger partial charge in [-0.3, -0.25) is 9.59 Å². The number of hydrogen-bond donors (Lipinski definition) is 0. The molecule has 0 aromatic carbocycles. The Balaban J connectivity index is 2.92. The van der Waals surface area contributed by atoms with Crippen LogP contribution in [0.3, 0.4) is 0 Å². The highest BCUT2D eigenvalue weighted by molar-refractivity contribution is 6.19. The molecule has 0 atom stereocenters. The Morgan fingerprint density at radius 3 is 2.38 bits per heavy atom. The molecule has 0 spiro atoms. The van der Waals surface area contributed by atoms with Crippen molar-refractivity contribution in [3.05, 3.63) is 36.1 Å². The van der Waals surface area contributed by atoms with E-state index < -0.39 is 0 Å². The van der Waals surface area contributed by atoms with E-state index in [1.165, 1.54) is 18.2 Å². The summed E-state index contributed by atoms with van der Waals surface area (Å²) in [7, 11) is 0. The van der Waals surface area contributed by atoms with Crippen LogP contribution in [-0.4, -0.2) is 18.2 Å². The van der Waals surface area contributed by atoms with Gasteiger partial charge in [0.05, 0.1) is 0 Å². The van der Waals surface area contributed by atoms with Crippen molar-refractivity contribution in [2.75, 3.05) is 6.61 Å². The van der Waals surface area contributed by atoms with Crippen LogP contribution in [0.15, 0.2) is 36.1 Å². The lowest BCUT2D eigenvalue weighted by Gasteiger charge is -2.23. The van der Waals surface area contributed by atoms with E-state index in [1.807, 2.05) is 20.8 Å². The Bertz CT molecular complexity index is 392. The van der Waals surface area contributed by atoms with E-state index in [4.69, 9.17) is 4.74 Å². The molecular weight excluding hydrogens is 204 g/mol. The Morgan fingerprint density at radius 2 is 1.88 bits per heavy atom. The fourth-order valence-electron chi connectivity index (χ4n) is 1.39. The predicted octanol–water partition coefficient (Wildman–Crippen LogP) is 2.20. The van der Waals surface area contributed by atoms with Crippen molar-refractivity contribution < 1.29 is 14.3 Å². The Morgan fingerprint density at radius 1 is 1.25 bits per heavy atom. The highest BCUT2D eigenvalue weighted by atomic mass is 16.5. The van der Waals surface area contributed by atoms with Crippen LogP contribution in [0.4, 0.5) is 0 Å². The number of allylic oxidation sites excluding steroid dienone is 3. The summed E-state index contributed by atoms with van der Waals surface area (Å²) in [4.78, 5) is 23.4. The predicted molar refractivity (Wildman–Crippen MR) is 61.8 cm³/mol. The zero-order valence-corrected chi connectivity index (χ0v) is 9.87. The number of ether oxygens (including phenoxy) is 1. The average Bonchev–Trinajstić information content (AvgIpc) is 2.17. The van der Waals surface area contributed by atoms with Crippen LogP contribution >= 0.6 is 0 Å². The van der Waals surface area contributed by atoms with Gasteiger partial charge in [0.25, 0.3) is 0 Å². The highest BCUT2D eigenvalue weighted by Crippen LogP contribution is 2.29. The van der Waals surface area contributed by atoms with Gasteiger partial charge >= 0.3 is 0 Å². The lowest BCUT2D eigenvalue weighted by Crippen LogP contribution is -2.23. The molecule has 0 saturated heterocycles. The van der Waals surface area contributed by atoms with Crippen LogP contribution in [-0.2, 0) is 14.3 Å². The molecule has 0 aromatic rings. The molecule has 86 valence electrons. The fraction of sp³-hybridized carbons (Fsp3) is 0.385. The Hall–Kier alpha value is -1.64. The van der Waals surface area contributed by atoms with Crippen molar-refractivity contribution >= 4 is 11.6 Å². The molecule has 1 aliphatic rings. The maximum Gasteiger partial charge on any atom is 0.220 e. The van der Waals surface area contributed by atoms with E-state index in [9.17, 15) is 9.59 Å². The van der Waals surface area contributed by atoms with Crippen molar-refractivity contribution in [3.8, 4) is 0 Å². The Labute approximate surface area is 95.5 Å². The zero-order chi connectivity index (χ0) is 12.3. The van der Waals surface area contributed by atoms with Crippen LogP contribution in [0.2, 0.25) is 0 Å². The van der Waals surface area contributed by atoms with E-state index in [0.29, 0.717) is 5.57 Å². The SMILES string of the molecule is C=CCOC1=CC(=O)C(C(C)(C)C)=CC1=O. The third-order valence-corrected chi connectivity index (χ3v) is 2.21. The highest BCUT2D eigenvalue weighted by Gasteiger charge is 2.28. The largest absolute Gasteiger partial charge is 0.485 e. The summed E-state index contributed by atoms with van der Waals surface area (Å²) >= 11 is 0. The third-order valence-electron chi connectivity index (χ3n) is 2.21. The standard InChI is InChI=1S/C13H16O3/c1-5-6-16-12-8-10(14)9(7-11(12)15)13(2,3)4/h5,7-8H,1,6H2,2-4H3. The van der Waals surface area contributed by atoms with Crippen molar-refractivity contribution in [2.24, 2.45) is 5.41 Å². The Kier molecular flexibility index (Phi) is 3.48. The minimum absolute atomic E-state index is 0.0953. The van der Waals surface area contributed by atoms with Gasteiger partial charge in [-0.15, -0.1) is 0 Å². The van der Waals surface area contributed by atoms with Gasteiger partial charge in [-0.25, -0.2) is 0 Å². The number of rotatable bonds is 3. The number of carbonyl (C=O) groups is 2. The van der Waals surface area contributed by atoms with Crippen LogP contribution in [0.1, 0.15) is 20.8 Å². The van der Waals surface area contributed by atoms with Crippen LogP contribution in [0.25, 0.3) is 0 Å². The second-order valence-corrected chi connectivity index (χ2v) is 4.64. The minimum Gasteiger partial charge on any atom is -0.485 e. The van der Waals surface area contributed by atoms with Crippen molar-refractivity contribution in [2.45, 2.75) is 20.8 Å². The van der Waals surface area contributed by atoms with Crippen LogP contribution < -0.4 is 0 Å². The van der Waals surface area contributed by atoms with E-state index in [0.717, 1.165) is 0 Å².